The lowest BCUT2D eigenvalue weighted by Crippen LogP contribution is -2.46. The van der Waals surface area contributed by atoms with Crippen molar-refractivity contribution in [3.8, 4) is 0 Å². The van der Waals surface area contributed by atoms with Gasteiger partial charge in [0.15, 0.2) is 0 Å². The predicted molar refractivity (Wildman–Crippen MR) is 85.9 cm³/mol. The second-order valence-corrected chi connectivity index (χ2v) is 6.67. The molecule has 20 heavy (non-hydrogen) atoms. The van der Waals surface area contributed by atoms with E-state index in [1.165, 1.54) is 18.4 Å². The smallest absolute Gasteiger partial charge is 0.0943 e. The Bertz CT molecular complexity index is 394. The second-order valence-electron chi connectivity index (χ2n) is 5.76. The van der Waals surface area contributed by atoms with Gasteiger partial charge in [0.25, 0.3) is 0 Å². The highest BCUT2D eigenvalue weighted by Gasteiger charge is 2.38. The maximum absolute atomic E-state index is 10.8. The number of ether oxygens (including phenoxy) is 1. The number of hydrogen-bond donors (Lipinski definition) is 1. The van der Waals surface area contributed by atoms with Crippen LogP contribution in [0.4, 0.5) is 0 Å². The molecule has 0 amide bonds. The lowest BCUT2D eigenvalue weighted by molar-refractivity contribution is -0.128. The van der Waals surface area contributed by atoms with E-state index in [-0.39, 0.29) is 5.60 Å². The molecule has 0 heterocycles. The van der Waals surface area contributed by atoms with Crippen LogP contribution in [-0.4, -0.2) is 23.4 Å². The van der Waals surface area contributed by atoms with Gasteiger partial charge in [-0.25, -0.2) is 0 Å². The third kappa shape index (κ3) is 4.06. The molecule has 3 heteroatoms. The van der Waals surface area contributed by atoms with Crippen LogP contribution in [0.3, 0.4) is 0 Å². The minimum atomic E-state index is -0.415. The summed E-state index contributed by atoms with van der Waals surface area (Å²) in [6.45, 7) is 2.70. The molecule has 1 atom stereocenters. The fourth-order valence-electron chi connectivity index (χ4n) is 3.22. The van der Waals surface area contributed by atoms with Crippen molar-refractivity contribution in [3.63, 3.8) is 0 Å². The molecule has 1 aliphatic rings. The number of benzene rings is 1. The zero-order valence-corrected chi connectivity index (χ0v) is 13.9. The first kappa shape index (κ1) is 16.0. The maximum Gasteiger partial charge on any atom is 0.0943 e. The summed E-state index contributed by atoms with van der Waals surface area (Å²) in [5.74, 6) is 0. The summed E-state index contributed by atoms with van der Waals surface area (Å²) in [6, 6.07) is 8.21. The molecule has 0 aliphatic heterocycles. The fraction of sp³-hybridized carbons (Fsp3) is 0.647. The number of aliphatic hydroxyl groups excluding tert-OH is 1. The van der Waals surface area contributed by atoms with Gasteiger partial charge < -0.3 is 9.84 Å². The first-order chi connectivity index (χ1) is 9.66. The van der Waals surface area contributed by atoms with Gasteiger partial charge in [-0.15, -0.1) is 0 Å². The summed E-state index contributed by atoms with van der Waals surface area (Å²) in [6.07, 6.45) is 7.08. The van der Waals surface area contributed by atoms with Crippen LogP contribution in [-0.2, 0) is 11.2 Å². The Balaban J connectivity index is 2.09. The van der Waals surface area contributed by atoms with E-state index in [0.29, 0.717) is 13.0 Å². The van der Waals surface area contributed by atoms with Crippen LogP contribution in [0.5, 0.6) is 0 Å². The van der Waals surface area contributed by atoms with Gasteiger partial charge >= 0.3 is 0 Å². The van der Waals surface area contributed by atoms with Crippen LogP contribution in [0.25, 0.3) is 0 Å². The quantitative estimate of drug-likeness (QED) is 0.800. The summed E-state index contributed by atoms with van der Waals surface area (Å²) in [4.78, 5) is 0. The number of hydrogen-bond acceptors (Lipinski definition) is 2. The molecule has 1 aliphatic carbocycles. The largest absolute Gasteiger partial charge is 0.390 e. The molecule has 1 saturated carbocycles. The number of halogens is 1. The van der Waals surface area contributed by atoms with E-state index in [1.807, 2.05) is 19.1 Å². The van der Waals surface area contributed by atoms with Crippen molar-refractivity contribution >= 4 is 15.9 Å². The van der Waals surface area contributed by atoms with Crippen molar-refractivity contribution in [2.75, 3.05) is 6.61 Å². The minimum Gasteiger partial charge on any atom is -0.390 e. The van der Waals surface area contributed by atoms with Crippen molar-refractivity contribution in [1.82, 2.24) is 0 Å². The van der Waals surface area contributed by atoms with Gasteiger partial charge in [0.05, 0.1) is 11.7 Å². The van der Waals surface area contributed by atoms with Gasteiger partial charge in [-0.3, -0.25) is 0 Å². The molecule has 112 valence electrons. The summed E-state index contributed by atoms with van der Waals surface area (Å²) < 4.78 is 7.12. The van der Waals surface area contributed by atoms with Crippen molar-refractivity contribution in [2.24, 2.45) is 0 Å². The van der Waals surface area contributed by atoms with Crippen molar-refractivity contribution in [1.29, 1.82) is 0 Å². The Kier molecular flexibility index (Phi) is 6.06. The molecule has 1 N–H and O–H groups in total. The van der Waals surface area contributed by atoms with Crippen LogP contribution in [0.1, 0.15) is 51.0 Å². The van der Waals surface area contributed by atoms with E-state index in [1.54, 1.807) is 0 Å². The van der Waals surface area contributed by atoms with Crippen LogP contribution in [0, 0.1) is 0 Å². The molecule has 1 fully saturated rings. The zero-order valence-electron chi connectivity index (χ0n) is 12.3. The SMILES string of the molecule is CCOC1(C(O)Cc2ccc(Br)cc2)CCCCCC1. The molecule has 0 bridgehead atoms. The van der Waals surface area contributed by atoms with E-state index in [0.717, 1.165) is 30.2 Å². The Morgan fingerprint density at radius 2 is 1.75 bits per heavy atom. The Morgan fingerprint density at radius 3 is 2.30 bits per heavy atom. The molecular formula is C17H25BrO2. The molecule has 1 unspecified atom stereocenters. The lowest BCUT2D eigenvalue weighted by atomic mass is 9.84. The van der Waals surface area contributed by atoms with E-state index >= 15 is 0 Å². The van der Waals surface area contributed by atoms with Crippen LogP contribution in [0.15, 0.2) is 28.7 Å². The van der Waals surface area contributed by atoms with Crippen LogP contribution >= 0.6 is 15.9 Å². The van der Waals surface area contributed by atoms with Gasteiger partial charge in [-0.1, -0.05) is 53.7 Å². The van der Waals surface area contributed by atoms with Crippen molar-refractivity contribution < 1.29 is 9.84 Å². The van der Waals surface area contributed by atoms with Crippen molar-refractivity contribution in [2.45, 2.75) is 63.6 Å². The Labute approximate surface area is 130 Å². The highest BCUT2D eigenvalue weighted by Crippen LogP contribution is 2.35. The summed E-state index contributed by atoms with van der Waals surface area (Å²) >= 11 is 3.45. The predicted octanol–water partition coefficient (Wildman–Crippen LogP) is 4.48. The zero-order chi connectivity index (χ0) is 14.4. The van der Waals surface area contributed by atoms with Crippen LogP contribution < -0.4 is 0 Å². The lowest BCUT2D eigenvalue weighted by Gasteiger charge is -2.37. The second kappa shape index (κ2) is 7.58. The average molecular weight is 341 g/mol. The molecular weight excluding hydrogens is 316 g/mol. The highest BCUT2D eigenvalue weighted by molar-refractivity contribution is 9.10. The highest BCUT2D eigenvalue weighted by atomic mass is 79.9. The molecule has 1 aromatic rings. The number of aliphatic hydroxyl groups is 1. The number of rotatable bonds is 5. The van der Waals surface area contributed by atoms with Crippen LogP contribution in [0.2, 0.25) is 0 Å². The normalized spacial score (nSPS) is 20.4. The summed E-state index contributed by atoms with van der Waals surface area (Å²) in [5.41, 5.74) is 0.835. The Morgan fingerprint density at radius 1 is 1.15 bits per heavy atom. The topological polar surface area (TPSA) is 29.5 Å². The third-order valence-corrected chi connectivity index (χ3v) is 4.86. The van der Waals surface area contributed by atoms with Gasteiger partial charge in [0.1, 0.15) is 0 Å². The van der Waals surface area contributed by atoms with Gasteiger partial charge in [0, 0.05) is 17.5 Å². The molecule has 0 spiro atoms. The molecule has 2 rings (SSSR count). The molecule has 0 aromatic heterocycles. The average Bonchev–Trinajstić information content (AvgIpc) is 2.68. The molecule has 2 nitrogen and oxygen atoms in total. The van der Waals surface area contributed by atoms with E-state index < -0.39 is 6.10 Å². The molecule has 0 saturated heterocycles. The third-order valence-electron chi connectivity index (χ3n) is 4.33. The van der Waals surface area contributed by atoms with Gasteiger partial charge in [-0.05, 0) is 37.5 Å². The fourth-order valence-corrected chi connectivity index (χ4v) is 3.48. The standard InChI is InChI=1S/C17H25BrO2/c1-2-20-17(11-5-3-4-6-12-17)16(19)13-14-7-9-15(18)10-8-14/h7-10,16,19H,2-6,11-13H2,1H3. The molecule has 0 radical (unpaired) electrons. The summed E-state index contributed by atoms with van der Waals surface area (Å²) in [5, 5.41) is 10.8. The summed E-state index contributed by atoms with van der Waals surface area (Å²) in [7, 11) is 0. The van der Waals surface area contributed by atoms with E-state index in [2.05, 4.69) is 28.1 Å². The van der Waals surface area contributed by atoms with E-state index in [4.69, 9.17) is 4.74 Å². The maximum atomic E-state index is 10.8. The van der Waals surface area contributed by atoms with E-state index in [9.17, 15) is 5.11 Å². The van der Waals surface area contributed by atoms with Gasteiger partial charge in [0.2, 0.25) is 0 Å². The van der Waals surface area contributed by atoms with Gasteiger partial charge in [-0.2, -0.15) is 0 Å². The molecule has 1 aromatic carbocycles. The minimum absolute atomic E-state index is 0.335. The first-order valence-electron chi connectivity index (χ1n) is 7.73. The Hall–Kier alpha value is -0.380. The van der Waals surface area contributed by atoms with Crippen molar-refractivity contribution in [3.05, 3.63) is 34.3 Å². The monoisotopic (exact) mass is 340 g/mol. The first-order valence-corrected chi connectivity index (χ1v) is 8.52.